The monoisotopic (exact) mass is 1090 g/mol. The highest BCUT2D eigenvalue weighted by molar-refractivity contribution is 5.83. The summed E-state index contributed by atoms with van der Waals surface area (Å²) in [6.45, 7) is 14.6. The Morgan fingerprint density at radius 1 is 0.800 bits per heavy atom. The fourth-order valence-electron chi connectivity index (χ4n) is 10.6. The van der Waals surface area contributed by atoms with Crippen LogP contribution in [0.2, 0.25) is 0 Å². The van der Waals surface area contributed by atoms with Gasteiger partial charge in [-0.15, -0.1) is 0 Å². The van der Waals surface area contributed by atoms with E-state index in [1.54, 1.807) is 41.5 Å². The van der Waals surface area contributed by atoms with Gasteiger partial charge in [-0.25, -0.2) is 4.79 Å². The second-order valence-corrected chi connectivity index (χ2v) is 21.8. The summed E-state index contributed by atoms with van der Waals surface area (Å²) in [7, 11) is 5.18. The highest BCUT2D eigenvalue weighted by atomic mass is 16.7. The minimum absolute atomic E-state index is 0.0936. The topological polar surface area (TPSA) is 412 Å². The van der Waals surface area contributed by atoms with Gasteiger partial charge in [0.05, 0.1) is 60.9 Å². The number of cyclic esters (lactones) is 1. The van der Waals surface area contributed by atoms with Crippen molar-refractivity contribution >= 4 is 17.7 Å². The zero-order chi connectivity index (χ0) is 57.6. The van der Waals surface area contributed by atoms with Crippen LogP contribution in [0, 0.1) is 23.7 Å². The number of carboxylic acids is 1. The third kappa shape index (κ3) is 15.8. The Morgan fingerprint density at radius 3 is 1.92 bits per heavy atom. The van der Waals surface area contributed by atoms with E-state index in [9.17, 15) is 70.6 Å². The lowest BCUT2D eigenvalue weighted by Crippen LogP contribution is -2.61. The molecule has 0 radical (unpaired) electrons. The van der Waals surface area contributed by atoms with Gasteiger partial charge in [0.25, 0.3) is 0 Å². The summed E-state index contributed by atoms with van der Waals surface area (Å²) < 4.78 is 47.0. The molecule has 0 aromatic carbocycles. The lowest BCUT2D eigenvalue weighted by molar-refractivity contribution is -0.326. The standard InChI is InChI=1S/C37H67NO13.C12H22O12/c1-14-25-37(10,45)30(41)20(4)27(39)18(2)16-35(8,44)32(51-34-28(40)24(38(11)12)15-19(3)47-34)21(5)29(22(6)33(43)49-25)50-26-17-36(9,46-13)31(42)23(7)48-26;13-1-3(15)10(7(18)8(19)11(21)22)24-12-9(20)6(17)5(16)4(2-14)23-12/h18-26,28-32,34,40-42,44-45H,14-17H2,1-13H3;3-10,12-20H,1-2H2,(H,21,22)/t18-,19?,20+,21+,22-,23?,24?,25-,26?,28?,29+,30-,31?,32-,34?,35-,36?,37-;3-,4?,5?,6?,7-,8-,9?,10-,12?/m11/s1. The second kappa shape index (κ2) is 27.8. The van der Waals surface area contributed by atoms with Crippen molar-refractivity contribution in [1.29, 1.82) is 0 Å². The number of ketones is 1. The van der Waals surface area contributed by atoms with Crippen molar-refractivity contribution < 1.29 is 124 Å². The van der Waals surface area contributed by atoms with Crippen LogP contribution in [0.25, 0.3) is 0 Å². The van der Waals surface area contributed by atoms with Crippen molar-refractivity contribution in [2.45, 2.75) is 234 Å². The maximum absolute atomic E-state index is 14.1. The van der Waals surface area contributed by atoms with E-state index in [1.165, 1.54) is 27.9 Å². The number of aliphatic hydroxyl groups is 13. The van der Waals surface area contributed by atoms with E-state index in [0.29, 0.717) is 6.42 Å². The van der Waals surface area contributed by atoms with E-state index >= 15 is 0 Å². The van der Waals surface area contributed by atoms with Gasteiger partial charge in [-0.1, -0.05) is 27.7 Å². The first-order chi connectivity index (χ1) is 34.6. The van der Waals surface area contributed by atoms with E-state index in [2.05, 4.69) is 0 Å². The first-order valence-corrected chi connectivity index (χ1v) is 25.5. The molecular formula is C49H89NO25. The number of ether oxygens (including phenoxy) is 8. The molecule has 27 atom stereocenters. The number of methoxy groups -OCH3 is 1. The first-order valence-electron chi connectivity index (χ1n) is 25.5. The number of carbonyl (C=O) groups is 3. The van der Waals surface area contributed by atoms with Crippen LogP contribution in [-0.4, -0.2) is 268 Å². The Hall–Kier alpha value is -2.23. The summed E-state index contributed by atoms with van der Waals surface area (Å²) in [4.78, 5) is 40.5. The number of aliphatic carboxylic acids is 1. The van der Waals surface area contributed by atoms with E-state index in [-0.39, 0.29) is 31.4 Å². The molecule has 26 heteroatoms. The molecule has 26 nitrogen and oxygen atoms in total. The number of nitrogens with zero attached hydrogens (tertiary/aromatic N) is 1. The van der Waals surface area contributed by atoms with E-state index in [1.807, 2.05) is 25.9 Å². The molecule has 0 aromatic rings. The largest absolute Gasteiger partial charge is 0.479 e. The van der Waals surface area contributed by atoms with Gasteiger partial charge in [-0.2, -0.15) is 0 Å². The van der Waals surface area contributed by atoms with Crippen molar-refractivity contribution in [3.8, 4) is 0 Å². The highest BCUT2D eigenvalue weighted by Gasteiger charge is 2.54. The van der Waals surface area contributed by atoms with Gasteiger partial charge in [0.1, 0.15) is 72.4 Å². The molecule has 4 aliphatic heterocycles. The minimum atomic E-state index is -2.39. The molecule has 4 saturated heterocycles. The lowest BCUT2D eigenvalue weighted by atomic mass is 9.74. The minimum Gasteiger partial charge on any atom is -0.479 e. The van der Waals surface area contributed by atoms with Crippen LogP contribution in [0.5, 0.6) is 0 Å². The summed E-state index contributed by atoms with van der Waals surface area (Å²) in [5.41, 5.74) is -4.84. The molecule has 4 aliphatic rings. The molecule has 0 saturated carbocycles. The van der Waals surface area contributed by atoms with Crippen molar-refractivity contribution in [1.82, 2.24) is 4.90 Å². The van der Waals surface area contributed by atoms with Crippen molar-refractivity contribution in [3.63, 3.8) is 0 Å². The third-order valence-corrected chi connectivity index (χ3v) is 15.4. The number of Topliss-reactive ketones (excluding diaryl/α,β-unsaturated/α-hetero) is 1. The number of likely N-dealkylation sites (N-methyl/N-ethyl adjacent to an activating group) is 1. The zero-order valence-corrected chi connectivity index (χ0v) is 45.3. The van der Waals surface area contributed by atoms with Gasteiger partial charge in [0, 0.05) is 37.3 Å². The molecule has 440 valence electrons. The molecule has 4 fully saturated rings. The highest BCUT2D eigenvalue weighted by Crippen LogP contribution is 2.41. The molecule has 0 spiro atoms. The van der Waals surface area contributed by atoms with Crippen LogP contribution in [0.3, 0.4) is 0 Å². The average molecular weight is 1090 g/mol. The van der Waals surface area contributed by atoms with Crippen LogP contribution >= 0.6 is 0 Å². The average Bonchev–Trinajstić information content (AvgIpc) is 3.35. The molecular weight excluding hydrogens is 1000 g/mol. The number of hydrogen-bond acceptors (Lipinski definition) is 25. The van der Waals surface area contributed by atoms with Crippen LogP contribution in [0.15, 0.2) is 0 Å². The Kier molecular flexibility index (Phi) is 24.8. The number of carboxylic acid groups (broad SMARTS) is 1. The third-order valence-electron chi connectivity index (χ3n) is 15.4. The SMILES string of the molecule is CC[C@H]1OC(=O)[C@H](C)[C@@H](OC2CC(C)(OC)C(O)C(C)O2)[C@H](C)[C@@H](OC2OC(C)CC(N(C)C)C2O)[C@](C)(O)C[C@@H](C)C(=O)[C@H](C)[C@@H](O)[C@]1(C)O.O=C(O)[C@H](O)[C@@H](O)[C@H](OC1OC(CO)C(O)C(O)C1O)[C@H](O)CO. The quantitative estimate of drug-likeness (QED) is 0.0698. The number of aliphatic hydroxyl groups excluding tert-OH is 11. The van der Waals surface area contributed by atoms with E-state index < -0.39 is 182 Å². The van der Waals surface area contributed by atoms with Gasteiger partial charge in [0.2, 0.25) is 0 Å². The smallest absolute Gasteiger partial charge is 0.335 e. The normalized spacial score (nSPS) is 45.3. The predicted octanol–water partition coefficient (Wildman–Crippen LogP) is -3.88. The van der Waals surface area contributed by atoms with Crippen molar-refractivity contribution in [2.75, 3.05) is 34.4 Å². The molecule has 0 bridgehead atoms. The summed E-state index contributed by atoms with van der Waals surface area (Å²) in [6, 6.07) is -0.324. The predicted molar refractivity (Wildman–Crippen MR) is 258 cm³/mol. The molecule has 75 heavy (non-hydrogen) atoms. The second-order valence-electron chi connectivity index (χ2n) is 21.8. The zero-order valence-electron chi connectivity index (χ0n) is 45.3. The van der Waals surface area contributed by atoms with Crippen LogP contribution in [0.1, 0.15) is 94.9 Å². The first kappa shape index (κ1) is 67.0. The summed E-state index contributed by atoms with van der Waals surface area (Å²) >= 11 is 0. The van der Waals surface area contributed by atoms with Gasteiger partial charge >= 0.3 is 11.9 Å². The van der Waals surface area contributed by atoms with Gasteiger partial charge in [-0.05, 0) is 74.9 Å². The molecule has 0 aliphatic carbocycles. The summed E-state index contributed by atoms with van der Waals surface area (Å²) in [5, 5.41) is 142. The van der Waals surface area contributed by atoms with Crippen LogP contribution < -0.4 is 0 Å². The van der Waals surface area contributed by atoms with E-state index in [4.69, 9.17) is 53.2 Å². The molecule has 14 N–H and O–H groups in total. The fourth-order valence-corrected chi connectivity index (χ4v) is 10.6. The number of rotatable bonds is 15. The van der Waals surface area contributed by atoms with Gasteiger partial charge in [-0.3, -0.25) is 9.59 Å². The van der Waals surface area contributed by atoms with Crippen molar-refractivity contribution in [2.24, 2.45) is 23.7 Å². The lowest BCUT2D eigenvalue weighted by Gasteiger charge is -2.49. The molecule has 13 unspecified atom stereocenters. The molecule has 4 rings (SSSR count). The van der Waals surface area contributed by atoms with Crippen LogP contribution in [-0.2, 0) is 52.3 Å². The Morgan fingerprint density at radius 2 is 1.40 bits per heavy atom. The molecule has 4 heterocycles. The molecule has 0 amide bonds. The number of esters is 1. The van der Waals surface area contributed by atoms with Gasteiger partial charge in [0.15, 0.2) is 25.0 Å². The molecule has 0 aromatic heterocycles. The Bertz CT molecular complexity index is 1790. The van der Waals surface area contributed by atoms with Gasteiger partial charge < -0.3 is 114 Å². The number of hydrogen-bond donors (Lipinski definition) is 14. The Labute approximate surface area is 438 Å². The summed E-state index contributed by atoms with van der Waals surface area (Å²) in [6.07, 6.45) is -26.6. The fraction of sp³-hybridized carbons (Fsp3) is 0.939. The number of carbonyl (C=O) groups excluding carboxylic acids is 2. The van der Waals surface area contributed by atoms with Crippen LogP contribution in [0.4, 0.5) is 0 Å². The summed E-state index contributed by atoms with van der Waals surface area (Å²) in [5.74, 6) is -6.81. The van der Waals surface area contributed by atoms with E-state index in [0.717, 1.165) is 0 Å². The maximum Gasteiger partial charge on any atom is 0.335 e. The Balaban J connectivity index is 0.000000516. The maximum atomic E-state index is 14.1. The van der Waals surface area contributed by atoms with Crippen molar-refractivity contribution in [3.05, 3.63) is 0 Å².